The number of hydrogen-bond acceptors (Lipinski definition) is 7. The van der Waals surface area contributed by atoms with Crippen molar-refractivity contribution in [3.05, 3.63) is 63.2 Å². The molecular weight excluding hydrogens is 534 g/mol. The van der Waals surface area contributed by atoms with Gasteiger partial charge < -0.3 is 25.4 Å². The van der Waals surface area contributed by atoms with Crippen LogP contribution in [0.4, 0.5) is 17.3 Å². The zero-order valence-corrected chi connectivity index (χ0v) is 21.9. The topological polar surface area (TPSA) is 97.4 Å². The van der Waals surface area contributed by atoms with E-state index in [4.69, 9.17) is 21.1 Å². The van der Waals surface area contributed by atoms with Crippen LogP contribution in [0, 0.1) is 6.92 Å². The largest absolute Gasteiger partial charge is 0.488 e. The standard InChI is InChI=1S/C25H27BrClN5O3/c1-3-34-24-17(23(33)31-22-18(26)5-4-6-19(22)27)14-29-25(32-24)30-20-13-15(2)7-8-21(20)35-16-9-11-28-12-10-16/h4-8,13-14,16,28H,3,9-12H2,1-2H3,(H,31,33)(H,29,30,32). The van der Waals surface area contributed by atoms with Crippen LogP contribution in [0.25, 0.3) is 0 Å². The first-order valence-corrected chi connectivity index (χ1v) is 12.6. The Morgan fingerprint density at radius 2 is 2.06 bits per heavy atom. The Kier molecular flexibility index (Phi) is 8.43. The van der Waals surface area contributed by atoms with E-state index in [2.05, 4.69) is 41.8 Å². The molecule has 1 amide bonds. The molecule has 0 bridgehead atoms. The number of benzene rings is 2. The molecule has 3 aromatic rings. The fourth-order valence-electron chi connectivity index (χ4n) is 3.68. The third-order valence-corrected chi connectivity index (χ3v) is 6.42. The smallest absolute Gasteiger partial charge is 0.262 e. The minimum atomic E-state index is -0.431. The lowest BCUT2D eigenvalue weighted by Gasteiger charge is -2.25. The molecular formula is C25H27BrClN5O3. The summed E-state index contributed by atoms with van der Waals surface area (Å²) in [6.45, 7) is 6.04. The molecule has 8 nitrogen and oxygen atoms in total. The van der Waals surface area contributed by atoms with Crippen molar-refractivity contribution in [2.24, 2.45) is 0 Å². The maximum Gasteiger partial charge on any atom is 0.262 e. The fourth-order valence-corrected chi connectivity index (χ4v) is 4.49. The molecule has 0 spiro atoms. The Morgan fingerprint density at radius 1 is 1.26 bits per heavy atom. The zero-order valence-electron chi connectivity index (χ0n) is 19.5. The maximum absolute atomic E-state index is 13.0. The lowest BCUT2D eigenvalue weighted by Crippen LogP contribution is -2.34. The van der Waals surface area contributed by atoms with Crippen LogP contribution in [-0.2, 0) is 0 Å². The highest BCUT2D eigenvalue weighted by atomic mass is 79.9. The molecule has 1 aromatic heterocycles. The normalized spacial score (nSPS) is 13.8. The van der Waals surface area contributed by atoms with Crippen LogP contribution in [0.3, 0.4) is 0 Å². The van der Waals surface area contributed by atoms with E-state index in [-0.39, 0.29) is 17.5 Å². The zero-order chi connectivity index (χ0) is 24.8. The molecule has 10 heteroatoms. The molecule has 0 unspecified atom stereocenters. The second-order valence-corrected chi connectivity index (χ2v) is 9.35. The predicted molar refractivity (Wildman–Crippen MR) is 141 cm³/mol. The van der Waals surface area contributed by atoms with Crippen LogP contribution in [0.2, 0.25) is 5.02 Å². The highest BCUT2D eigenvalue weighted by molar-refractivity contribution is 9.10. The van der Waals surface area contributed by atoms with Gasteiger partial charge in [0.1, 0.15) is 17.4 Å². The summed E-state index contributed by atoms with van der Waals surface area (Å²) in [6, 6.07) is 11.2. The second-order valence-electron chi connectivity index (χ2n) is 8.09. The summed E-state index contributed by atoms with van der Waals surface area (Å²) in [5.74, 6) is 0.762. The molecule has 35 heavy (non-hydrogen) atoms. The number of aromatic nitrogens is 2. The number of rotatable bonds is 8. The second kappa shape index (κ2) is 11.7. The van der Waals surface area contributed by atoms with E-state index < -0.39 is 5.91 Å². The summed E-state index contributed by atoms with van der Waals surface area (Å²) < 4.78 is 12.6. The predicted octanol–water partition coefficient (Wildman–Crippen LogP) is 5.73. The molecule has 1 aliphatic rings. The SMILES string of the molecule is CCOc1nc(Nc2cc(C)ccc2OC2CCNCC2)ncc1C(=O)Nc1c(Cl)cccc1Br. The Bertz CT molecular complexity index is 1180. The highest BCUT2D eigenvalue weighted by Crippen LogP contribution is 2.33. The van der Waals surface area contributed by atoms with Crippen LogP contribution in [0.15, 0.2) is 47.1 Å². The molecule has 3 N–H and O–H groups in total. The number of carbonyl (C=O) groups is 1. The first-order chi connectivity index (χ1) is 16.9. The number of anilines is 3. The number of nitrogens with one attached hydrogen (secondary N) is 3. The average molecular weight is 561 g/mol. The van der Waals surface area contributed by atoms with Crippen molar-refractivity contribution in [1.82, 2.24) is 15.3 Å². The van der Waals surface area contributed by atoms with Gasteiger partial charge in [-0.05, 0) is 85.5 Å². The van der Waals surface area contributed by atoms with Gasteiger partial charge in [-0.25, -0.2) is 4.98 Å². The Hall–Kier alpha value is -2.88. The lowest BCUT2D eigenvalue weighted by atomic mass is 10.1. The first kappa shape index (κ1) is 25.2. The minimum Gasteiger partial charge on any atom is -0.488 e. The Labute approximate surface area is 217 Å². The molecule has 1 fully saturated rings. The van der Waals surface area contributed by atoms with E-state index in [9.17, 15) is 4.79 Å². The lowest BCUT2D eigenvalue weighted by molar-refractivity contribution is 0.102. The van der Waals surface area contributed by atoms with E-state index in [1.165, 1.54) is 6.20 Å². The van der Waals surface area contributed by atoms with Crippen molar-refractivity contribution < 1.29 is 14.3 Å². The van der Waals surface area contributed by atoms with Crippen molar-refractivity contribution in [3.8, 4) is 11.6 Å². The summed E-state index contributed by atoms with van der Waals surface area (Å²) in [7, 11) is 0. The van der Waals surface area contributed by atoms with Gasteiger partial charge in [0.25, 0.3) is 5.91 Å². The van der Waals surface area contributed by atoms with Gasteiger partial charge in [0.2, 0.25) is 11.8 Å². The van der Waals surface area contributed by atoms with Crippen molar-refractivity contribution in [2.45, 2.75) is 32.8 Å². The molecule has 4 rings (SSSR count). The number of piperidine rings is 1. The third-order valence-electron chi connectivity index (χ3n) is 5.44. The van der Waals surface area contributed by atoms with Gasteiger partial charge in [-0.1, -0.05) is 23.7 Å². The first-order valence-electron chi connectivity index (χ1n) is 11.4. The van der Waals surface area contributed by atoms with Gasteiger partial charge in [0.05, 0.1) is 23.0 Å². The number of hydrogen-bond donors (Lipinski definition) is 3. The third kappa shape index (κ3) is 6.42. The van der Waals surface area contributed by atoms with Crippen LogP contribution < -0.4 is 25.4 Å². The molecule has 0 aliphatic carbocycles. The summed E-state index contributed by atoms with van der Waals surface area (Å²) in [5, 5.41) is 9.79. The molecule has 2 aromatic carbocycles. The number of carbonyl (C=O) groups excluding carboxylic acids is 1. The van der Waals surface area contributed by atoms with Crippen LogP contribution in [-0.4, -0.2) is 41.7 Å². The van der Waals surface area contributed by atoms with E-state index in [1.807, 2.05) is 32.0 Å². The molecule has 1 saturated heterocycles. The van der Waals surface area contributed by atoms with E-state index in [0.29, 0.717) is 27.7 Å². The summed E-state index contributed by atoms with van der Waals surface area (Å²) in [4.78, 5) is 21.8. The number of amides is 1. The van der Waals surface area contributed by atoms with Crippen molar-refractivity contribution in [2.75, 3.05) is 30.3 Å². The Morgan fingerprint density at radius 3 is 2.80 bits per heavy atom. The minimum absolute atomic E-state index is 0.148. The van der Waals surface area contributed by atoms with E-state index in [1.54, 1.807) is 18.2 Å². The summed E-state index contributed by atoms with van der Waals surface area (Å²) >= 11 is 9.65. The monoisotopic (exact) mass is 559 g/mol. The summed E-state index contributed by atoms with van der Waals surface area (Å²) in [6.07, 6.45) is 3.48. The van der Waals surface area contributed by atoms with E-state index in [0.717, 1.165) is 42.9 Å². The van der Waals surface area contributed by atoms with Gasteiger partial charge in [0.15, 0.2) is 0 Å². The molecule has 2 heterocycles. The van der Waals surface area contributed by atoms with Crippen LogP contribution in [0.1, 0.15) is 35.7 Å². The summed E-state index contributed by atoms with van der Waals surface area (Å²) in [5.41, 5.74) is 2.47. The number of nitrogens with zero attached hydrogens (tertiary/aromatic N) is 2. The van der Waals surface area contributed by atoms with Gasteiger partial charge in [-0.2, -0.15) is 4.98 Å². The maximum atomic E-state index is 13.0. The van der Waals surface area contributed by atoms with E-state index >= 15 is 0 Å². The van der Waals surface area contributed by atoms with Crippen LogP contribution in [0.5, 0.6) is 11.6 Å². The molecule has 1 aliphatic heterocycles. The fraction of sp³-hybridized carbons (Fsp3) is 0.320. The van der Waals surface area contributed by atoms with Gasteiger partial charge >= 0.3 is 0 Å². The molecule has 0 atom stereocenters. The number of ether oxygens (including phenoxy) is 2. The molecule has 0 saturated carbocycles. The van der Waals surface area contributed by atoms with Crippen molar-refractivity contribution >= 4 is 50.8 Å². The number of para-hydroxylation sites is 1. The highest BCUT2D eigenvalue weighted by Gasteiger charge is 2.20. The quantitative estimate of drug-likeness (QED) is 0.324. The molecule has 0 radical (unpaired) electrons. The number of halogens is 2. The van der Waals surface area contributed by atoms with Gasteiger partial charge in [0, 0.05) is 10.7 Å². The van der Waals surface area contributed by atoms with Crippen LogP contribution >= 0.6 is 27.5 Å². The molecule has 184 valence electrons. The van der Waals surface area contributed by atoms with Crippen molar-refractivity contribution in [1.29, 1.82) is 0 Å². The van der Waals surface area contributed by atoms with Gasteiger partial charge in [-0.3, -0.25) is 4.79 Å². The van der Waals surface area contributed by atoms with Gasteiger partial charge in [-0.15, -0.1) is 0 Å². The van der Waals surface area contributed by atoms with Crippen molar-refractivity contribution in [3.63, 3.8) is 0 Å². The Balaban J connectivity index is 1.57. The average Bonchev–Trinajstić information content (AvgIpc) is 2.84. The number of aryl methyl sites for hydroxylation is 1.